The summed E-state index contributed by atoms with van der Waals surface area (Å²) in [5, 5.41) is 9.23. The predicted molar refractivity (Wildman–Crippen MR) is 88.9 cm³/mol. The monoisotopic (exact) mass is 373 g/mol. The number of piperazine rings is 1. The highest BCUT2D eigenvalue weighted by molar-refractivity contribution is 9.10. The summed E-state index contributed by atoms with van der Waals surface area (Å²) in [5.74, 6) is 0. The predicted octanol–water partition coefficient (Wildman–Crippen LogP) is 3.38. The number of carbonyl (C=O) groups is 1. The number of anilines is 1. The maximum Gasteiger partial charge on any atom is 0.410 e. The van der Waals surface area contributed by atoms with Crippen molar-refractivity contribution in [2.24, 2.45) is 0 Å². The third-order valence-corrected chi connectivity index (χ3v) is 3.14. The molecule has 0 radical (unpaired) electrons. The highest BCUT2D eigenvalue weighted by Crippen LogP contribution is 2.24. The molecule has 1 aromatic rings. The fraction of sp³-hybridized carbons (Fsp3) is 0.500. The van der Waals surface area contributed by atoms with Crippen LogP contribution in [0.15, 0.2) is 22.7 Å². The number of ether oxygens (including phenoxy) is 1. The van der Waals surface area contributed by atoms with Gasteiger partial charge < -0.3 is 14.5 Å². The summed E-state index contributed by atoms with van der Waals surface area (Å²) in [6.07, 6.45) is -1.54. The van der Waals surface area contributed by atoms with Crippen LogP contribution in [0, 0.1) is 11.3 Å². The Balaban J connectivity index is 2.74. The molecule has 0 spiro atoms. The summed E-state index contributed by atoms with van der Waals surface area (Å²) >= 11 is 3.13. The smallest absolute Gasteiger partial charge is 0.410 e. The number of nitrogens with zero attached hydrogens (tertiary/aromatic N) is 3. The van der Waals surface area contributed by atoms with E-state index < -0.39 is 37.7 Å². The van der Waals surface area contributed by atoms with Gasteiger partial charge in [0.25, 0.3) is 0 Å². The molecule has 1 aliphatic rings. The SMILES string of the molecule is [2H]C1([2H])N(C(=O)OC(C)(C)C)C([2H])([2H])C([2H])([2H])N(c2ccc(Br)c(C#N)c2)C1([2H])[2H]. The van der Waals surface area contributed by atoms with E-state index >= 15 is 0 Å². The molecule has 6 heteroatoms. The molecule has 0 bridgehead atoms. The summed E-state index contributed by atoms with van der Waals surface area (Å²) in [6.45, 7) is -8.84. The Hall–Kier alpha value is -1.74. The first-order valence-electron chi connectivity index (χ1n) is 10.4. The van der Waals surface area contributed by atoms with Gasteiger partial charge in [0, 0.05) is 36.1 Å². The van der Waals surface area contributed by atoms with E-state index in [9.17, 15) is 10.1 Å². The second kappa shape index (κ2) is 6.57. The van der Waals surface area contributed by atoms with E-state index in [1.807, 2.05) is 6.07 Å². The molecule has 1 fully saturated rings. The van der Waals surface area contributed by atoms with Gasteiger partial charge in [-0.25, -0.2) is 4.79 Å². The van der Waals surface area contributed by atoms with Gasteiger partial charge in [-0.1, -0.05) is 0 Å². The van der Waals surface area contributed by atoms with E-state index in [4.69, 9.17) is 15.7 Å². The lowest BCUT2D eigenvalue weighted by molar-refractivity contribution is 0.0240. The number of halogens is 1. The van der Waals surface area contributed by atoms with Crippen LogP contribution in [0.4, 0.5) is 10.5 Å². The quantitative estimate of drug-likeness (QED) is 0.756. The zero-order chi connectivity index (χ0) is 23.5. The minimum absolute atomic E-state index is 0.00907. The third kappa shape index (κ3) is 4.14. The van der Waals surface area contributed by atoms with Crippen molar-refractivity contribution in [3.8, 4) is 6.07 Å². The fourth-order valence-electron chi connectivity index (χ4n) is 1.52. The third-order valence-electron chi connectivity index (χ3n) is 2.45. The molecule has 0 aliphatic carbocycles. The van der Waals surface area contributed by atoms with E-state index in [1.54, 1.807) is 0 Å². The molecule has 0 atom stereocenters. The van der Waals surface area contributed by atoms with Crippen LogP contribution in [0.3, 0.4) is 0 Å². The van der Waals surface area contributed by atoms with Crippen molar-refractivity contribution < 1.29 is 20.5 Å². The standard InChI is InChI=1S/C16H20BrN3O2/c1-16(2,3)22-15(21)20-8-6-19(7-9-20)13-4-5-14(17)12(10-13)11-18/h4-5,10H,6-9H2,1-3H3/i6D2,7D2,8D2,9D2. The average Bonchev–Trinajstić information content (AvgIpc) is 2.52. The van der Waals surface area contributed by atoms with Crippen molar-refractivity contribution in [1.82, 2.24) is 4.90 Å². The van der Waals surface area contributed by atoms with Crippen molar-refractivity contribution in [1.29, 1.82) is 5.26 Å². The van der Waals surface area contributed by atoms with Gasteiger partial charge in [-0.2, -0.15) is 5.26 Å². The van der Waals surface area contributed by atoms with Gasteiger partial charge in [0.1, 0.15) is 11.7 Å². The summed E-state index contributed by atoms with van der Waals surface area (Å²) in [4.78, 5) is 12.7. The fourth-order valence-corrected chi connectivity index (χ4v) is 1.86. The summed E-state index contributed by atoms with van der Waals surface area (Å²) < 4.78 is 71.9. The lowest BCUT2D eigenvalue weighted by Gasteiger charge is -2.36. The molecule has 1 aliphatic heterocycles. The molecule has 5 nitrogen and oxygen atoms in total. The number of carbonyl (C=O) groups excluding carboxylic acids is 1. The highest BCUT2D eigenvalue weighted by Gasteiger charge is 2.26. The van der Waals surface area contributed by atoms with Crippen molar-refractivity contribution in [3.05, 3.63) is 28.2 Å². The second-order valence-corrected chi connectivity index (χ2v) is 6.23. The van der Waals surface area contributed by atoms with Gasteiger partial charge in [-0.05, 0) is 54.9 Å². The first-order valence-corrected chi connectivity index (χ1v) is 7.15. The molecule has 0 saturated carbocycles. The van der Waals surface area contributed by atoms with Crippen LogP contribution in [0.5, 0.6) is 0 Å². The zero-order valence-corrected chi connectivity index (χ0v) is 13.9. The molecule has 0 unspecified atom stereocenters. The van der Waals surface area contributed by atoms with Gasteiger partial charge in [0.2, 0.25) is 0 Å². The number of benzene rings is 1. The topological polar surface area (TPSA) is 56.6 Å². The average molecular weight is 374 g/mol. The molecular weight excluding hydrogens is 346 g/mol. The minimum Gasteiger partial charge on any atom is -0.444 e. The Labute approximate surface area is 150 Å². The second-order valence-electron chi connectivity index (χ2n) is 5.37. The lowest BCUT2D eigenvalue weighted by atomic mass is 10.2. The summed E-state index contributed by atoms with van der Waals surface area (Å²) in [6, 6.07) is 5.50. The summed E-state index contributed by atoms with van der Waals surface area (Å²) in [5.41, 5.74) is -1.43. The first-order chi connectivity index (χ1) is 13.3. The van der Waals surface area contributed by atoms with E-state index in [0.717, 1.165) is 6.07 Å². The maximum absolute atomic E-state index is 12.6. The largest absolute Gasteiger partial charge is 0.444 e. The van der Waals surface area contributed by atoms with Gasteiger partial charge >= 0.3 is 6.09 Å². The van der Waals surface area contributed by atoms with Crippen molar-refractivity contribution >= 4 is 27.7 Å². The number of rotatable bonds is 1. The molecule has 0 N–H and O–H groups in total. The normalized spacial score (nSPS) is 30.0. The van der Waals surface area contributed by atoms with E-state index in [-0.39, 0.29) is 21.1 Å². The Bertz CT molecular complexity index is 883. The highest BCUT2D eigenvalue weighted by atomic mass is 79.9. The van der Waals surface area contributed by atoms with Crippen LogP contribution >= 0.6 is 15.9 Å². The number of hydrogen-bond acceptors (Lipinski definition) is 4. The van der Waals surface area contributed by atoms with Gasteiger partial charge in [0.05, 0.1) is 16.5 Å². The molecule has 22 heavy (non-hydrogen) atoms. The Morgan fingerprint density at radius 1 is 1.36 bits per heavy atom. The molecule has 1 amide bonds. The molecule has 1 saturated heterocycles. The Morgan fingerprint density at radius 2 is 2.00 bits per heavy atom. The molecule has 1 heterocycles. The van der Waals surface area contributed by atoms with Gasteiger partial charge in [-0.3, -0.25) is 0 Å². The van der Waals surface area contributed by atoms with E-state index in [1.165, 1.54) is 32.9 Å². The minimum atomic E-state index is -3.36. The molecule has 1 aromatic carbocycles. The lowest BCUT2D eigenvalue weighted by Crippen LogP contribution is -2.50. The number of nitriles is 1. The molecular formula is C16H20BrN3O2. The Kier molecular flexibility index (Phi) is 2.62. The van der Waals surface area contributed by atoms with Crippen molar-refractivity contribution in [2.75, 3.05) is 30.9 Å². The molecule has 2 rings (SSSR count). The summed E-state index contributed by atoms with van der Waals surface area (Å²) in [7, 11) is 0. The van der Waals surface area contributed by atoms with Gasteiger partial charge in [-0.15, -0.1) is 0 Å². The van der Waals surface area contributed by atoms with E-state index in [2.05, 4.69) is 15.9 Å². The van der Waals surface area contributed by atoms with Crippen molar-refractivity contribution in [2.45, 2.75) is 26.4 Å². The zero-order valence-electron chi connectivity index (χ0n) is 20.3. The molecule has 0 aromatic heterocycles. The van der Waals surface area contributed by atoms with E-state index in [0.29, 0.717) is 4.47 Å². The van der Waals surface area contributed by atoms with Crippen LogP contribution in [-0.4, -0.2) is 42.6 Å². The maximum atomic E-state index is 12.6. The number of amides is 1. The Morgan fingerprint density at radius 3 is 2.55 bits per heavy atom. The van der Waals surface area contributed by atoms with Crippen LogP contribution in [0.1, 0.15) is 37.3 Å². The first kappa shape index (κ1) is 8.78. The number of hydrogen-bond donors (Lipinski definition) is 0. The van der Waals surface area contributed by atoms with Crippen LogP contribution in [-0.2, 0) is 4.74 Å². The molecule has 118 valence electrons. The van der Waals surface area contributed by atoms with Crippen LogP contribution < -0.4 is 4.90 Å². The van der Waals surface area contributed by atoms with Crippen molar-refractivity contribution in [3.63, 3.8) is 0 Å². The van der Waals surface area contributed by atoms with Crippen LogP contribution in [0.25, 0.3) is 0 Å². The van der Waals surface area contributed by atoms with Gasteiger partial charge in [0.15, 0.2) is 0 Å². The van der Waals surface area contributed by atoms with Crippen LogP contribution in [0.2, 0.25) is 0 Å².